The van der Waals surface area contributed by atoms with E-state index in [0.717, 1.165) is 5.56 Å². The summed E-state index contributed by atoms with van der Waals surface area (Å²) < 4.78 is 13.0. The summed E-state index contributed by atoms with van der Waals surface area (Å²) >= 11 is 1.31. The van der Waals surface area contributed by atoms with Gasteiger partial charge in [0.25, 0.3) is 5.91 Å². The minimum absolute atomic E-state index is 0.138. The van der Waals surface area contributed by atoms with Crippen molar-refractivity contribution in [1.82, 2.24) is 9.88 Å². The van der Waals surface area contributed by atoms with E-state index >= 15 is 0 Å². The number of halogens is 1. The molecule has 2 unspecified atom stereocenters. The van der Waals surface area contributed by atoms with Crippen LogP contribution >= 0.6 is 11.3 Å². The van der Waals surface area contributed by atoms with Crippen LogP contribution in [0, 0.1) is 17.7 Å². The second-order valence-electron chi connectivity index (χ2n) is 6.13. The molecule has 2 aromatic rings. The number of carboxylic acids is 1. The van der Waals surface area contributed by atoms with Gasteiger partial charge in [-0.3, -0.25) is 9.59 Å². The van der Waals surface area contributed by atoms with Crippen molar-refractivity contribution < 1.29 is 19.1 Å². The summed E-state index contributed by atoms with van der Waals surface area (Å²) in [4.78, 5) is 29.8. The Kier molecular flexibility index (Phi) is 4.62. The molecule has 1 amide bonds. The number of carbonyl (C=O) groups is 2. The maximum Gasteiger partial charge on any atom is 0.308 e. The first-order valence-corrected chi connectivity index (χ1v) is 8.55. The van der Waals surface area contributed by atoms with Crippen molar-refractivity contribution in [3.63, 3.8) is 0 Å². The fourth-order valence-corrected chi connectivity index (χ4v) is 3.76. The molecule has 3 rings (SSSR count). The maximum absolute atomic E-state index is 13.0. The summed E-state index contributed by atoms with van der Waals surface area (Å²) in [5, 5.41) is 11.5. The zero-order valence-corrected chi connectivity index (χ0v) is 13.9. The highest BCUT2D eigenvalue weighted by Crippen LogP contribution is 2.27. The molecule has 2 atom stereocenters. The van der Waals surface area contributed by atoms with Crippen LogP contribution in [0.2, 0.25) is 0 Å². The van der Waals surface area contributed by atoms with E-state index < -0.39 is 11.9 Å². The minimum Gasteiger partial charge on any atom is -0.481 e. The average Bonchev–Trinajstić information content (AvgIpc) is 3.04. The van der Waals surface area contributed by atoms with Crippen molar-refractivity contribution in [2.75, 3.05) is 13.1 Å². The molecule has 0 spiro atoms. The lowest BCUT2D eigenvalue weighted by atomic mass is 9.90. The number of amides is 1. The predicted octanol–water partition coefficient (Wildman–Crippen LogP) is 3.13. The number of hydrogen-bond donors (Lipinski definition) is 1. The van der Waals surface area contributed by atoms with E-state index in [9.17, 15) is 19.1 Å². The monoisotopic (exact) mass is 348 g/mol. The number of benzene rings is 1. The molecule has 7 heteroatoms. The molecule has 0 radical (unpaired) electrons. The molecule has 1 aromatic carbocycles. The van der Waals surface area contributed by atoms with Crippen LogP contribution in [0.3, 0.4) is 0 Å². The topological polar surface area (TPSA) is 70.5 Å². The SMILES string of the molecule is CC1CC(C(=O)O)CN(C(=O)c2csc(-c3ccc(F)cc3)n2)C1. The fraction of sp³-hybridized carbons (Fsp3) is 0.353. The summed E-state index contributed by atoms with van der Waals surface area (Å²) in [6.45, 7) is 2.69. The number of aliphatic carboxylic acids is 1. The van der Waals surface area contributed by atoms with E-state index in [2.05, 4.69) is 4.98 Å². The smallest absolute Gasteiger partial charge is 0.308 e. The second-order valence-corrected chi connectivity index (χ2v) is 6.99. The number of hydrogen-bond acceptors (Lipinski definition) is 4. The number of rotatable bonds is 3. The first-order valence-electron chi connectivity index (χ1n) is 7.67. The predicted molar refractivity (Wildman–Crippen MR) is 88.3 cm³/mol. The lowest BCUT2D eigenvalue weighted by molar-refractivity contribution is -0.143. The standard InChI is InChI=1S/C17H17FN2O3S/c1-10-6-12(17(22)23)8-20(7-10)16(21)14-9-24-15(19-14)11-2-4-13(18)5-3-11/h2-5,9-10,12H,6-8H2,1H3,(H,22,23). The van der Waals surface area contributed by atoms with E-state index in [4.69, 9.17) is 0 Å². The van der Waals surface area contributed by atoms with Crippen molar-refractivity contribution in [2.24, 2.45) is 11.8 Å². The number of thiazole rings is 1. The van der Waals surface area contributed by atoms with E-state index in [1.165, 1.54) is 23.5 Å². The highest BCUT2D eigenvalue weighted by Gasteiger charge is 2.33. The van der Waals surface area contributed by atoms with Crippen LogP contribution < -0.4 is 0 Å². The van der Waals surface area contributed by atoms with Gasteiger partial charge in [-0.05, 0) is 36.6 Å². The van der Waals surface area contributed by atoms with E-state index in [0.29, 0.717) is 23.7 Å². The molecule has 5 nitrogen and oxygen atoms in total. The summed E-state index contributed by atoms with van der Waals surface area (Å²) in [6.07, 6.45) is 0.580. The number of carbonyl (C=O) groups excluding carboxylic acids is 1. The van der Waals surface area contributed by atoms with Crippen LogP contribution in [0.5, 0.6) is 0 Å². The van der Waals surface area contributed by atoms with Crippen LogP contribution in [0.4, 0.5) is 4.39 Å². The Morgan fingerprint density at radius 1 is 1.29 bits per heavy atom. The number of likely N-dealkylation sites (tertiary alicyclic amines) is 1. The van der Waals surface area contributed by atoms with Gasteiger partial charge >= 0.3 is 5.97 Å². The van der Waals surface area contributed by atoms with Gasteiger partial charge in [0, 0.05) is 24.0 Å². The Hall–Kier alpha value is -2.28. The number of aromatic nitrogens is 1. The van der Waals surface area contributed by atoms with E-state index in [1.54, 1.807) is 22.4 Å². The minimum atomic E-state index is -0.871. The van der Waals surface area contributed by atoms with E-state index in [1.807, 2.05) is 6.92 Å². The molecular formula is C17H17FN2O3S. The Morgan fingerprint density at radius 3 is 2.67 bits per heavy atom. The molecule has 1 saturated heterocycles. The normalized spacial score (nSPS) is 20.8. The van der Waals surface area contributed by atoms with Gasteiger partial charge < -0.3 is 10.0 Å². The lowest BCUT2D eigenvalue weighted by Crippen LogP contribution is -2.45. The number of carboxylic acid groups (broad SMARTS) is 1. The molecule has 0 bridgehead atoms. The Labute approximate surface area is 142 Å². The van der Waals surface area contributed by atoms with Crippen LogP contribution in [-0.4, -0.2) is 40.0 Å². The molecule has 126 valence electrons. The van der Waals surface area contributed by atoms with Crippen LogP contribution in [0.15, 0.2) is 29.6 Å². The van der Waals surface area contributed by atoms with E-state index in [-0.39, 0.29) is 24.2 Å². The molecule has 1 fully saturated rings. The Balaban J connectivity index is 1.78. The van der Waals surface area contributed by atoms with Crippen molar-refractivity contribution in [2.45, 2.75) is 13.3 Å². The molecule has 24 heavy (non-hydrogen) atoms. The molecule has 0 saturated carbocycles. The van der Waals surface area contributed by atoms with Gasteiger partial charge in [-0.25, -0.2) is 9.37 Å². The van der Waals surface area contributed by atoms with Crippen molar-refractivity contribution in [3.8, 4) is 10.6 Å². The fourth-order valence-electron chi connectivity index (χ4n) is 2.96. The van der Waals surface area contributed by atoms with Crippen LogP contribution in [0.25, 0.3) is 10.6 Å². The summed E-state index contributed by atoms with van der Waals surface area (Å²) in [5.74, 6) is -1.84. The number of nitrogens with zero attached hydrogens (tertiary/aromatic N) is 2. The van der Waals surface area contributed by atoms with Crippen molar-refractivity contribution in [1.29, 1.82) is 0 Å². The summed E-state index contributed by atoms with van der Waals surface area (Å²) in [5.41, 5.74) is 1.05. The van der Waals surface area contributed by atoms with Crippen molar-refractivity contribution >= 4 is 23.2 Å². The molecule has 1 N–H and O–H groups in total. The summed E-state index contributed by atoms with van der Waals surface area (Å²) in [6, 6.07) is 5.93. The largest absolute Gasteiger partial charge is 0.481 e. The van der Waals surface area contributed by atoms with Gasteiger partial charge in [0.05, 0.1) is 5.92 Å². The summed E-state index contributed by atoms with van der Waals surface area (Å²) in [7, 11) is 0. The highest BCUT2D eigenvalue weighted by molar-refractivity contribution is 7.13. The first-order chi connectivity index (χ1) is 11.4. The van der Waals surface area contributed by atoms with Crippen LogP contribution in [-0.2, 0) is 4.79 Å². The van der Waals surface area contributed by atoms with Gasteiger partial charge in [-0.2, -0.15) is 0 Å². The lowest BCUT2D eigenvalue weighted by Gasteiger charge is -2.34. The quantitative estimate of drug-likeness (QED) is 0.925. The molecule has 2 heterocycles. The van der Waals surface area contributed by atoms with Crippen LogP contribution in [0.1, 0.15) is 23.8 Å². The van der Waals surface area contributed by atoms with Crippen molar-refractivity contribution in [3.05, 3.63) is 41.2 Å². The average molecular weight is 348 g/mol. The van der Waals surface area contributed by atoms with Gasteiger partial charge in [0.2, 0.25) is 0 Å². The number of piperidine rings is 1. The Bertz CT molecular complexity index is 759. The molecule has 1 aromatic heterocycles. The third kappa shape index (κ3) is 3.46. The second kappa shape index (κ2) is 6.68. The Morgan fingerprint density at radius 2 is 2.00 bits per heavy atom. The zero-order valence-electron chi connectivity index (χ0n) is 13.1. The molecule has 0 aliphatic carbocycles. The third-order valence-electron chi connectivity index (χ3n) is 4.11. The van der Waals surface area contributed by atoms with Gasteiger partial charge in [0.1, 0.15) is 16.5 Å². The molecule has 1 aliphatic rings. The molecular weight excluding hydrogens is 331 g/mol. The first kappa shape index (κ1) is 16.6. The highest BCUT2D eigenvalue weighted by atomic mass is 32.1. The van der Waals surface area contributed by atoms with Gasteiger partial charge in [-0.15, -0.1) is 11.3 Å². The molecule has 1 aliphatic heterocycles. The van der Waals surface area contributed by atoms with Gasteiger partial charge in [0.15, 0.2) is 0 Å². The zero-order chi connectivity index (χ0) is 17.3. The third-order valence-corrected chi connectivity index (χ3v) is 5.00. The van der Waals surface area contributed by atoms with Gasteiger partial charge in [-0.1, -0.05) is 6.92 Å². The maximum atomic E-state index is 13.0.